The molecule has 0 aliphatic heterocycles. The summed E-state index contributed by atoms with van der Waals surface area (Å²) in [4.78, 5) is 14.1. The van der Waals surface area contributed by atoms with E-state index in [4.69, 9.17) is 17.0 Å². The lowest BCUT2D eigenvalue weighted by Crippen LogP contribution is -2.25. The van der Waals surface area contributed by atoms with Gasteiger partial charge < -0.3 is 20.6 Å². The van der Waals surface area contributed by atoms with E-state index in [1.165, 1.54) is 6.21 Å². The maximum absolute atomic E-state index is 13.0. The summed E-state index contributed by atoms with van der Waals surface area (Å²) in [5.41, 5.74) is 3.62. The molecule has 1 atom stereocenters. The van der Waals surface area contributed by atoms with Crippen molar-refractivity contribution in [2.75, 3.05) is 12.4 Å². The molecule has 0 spiro atoms. The van der Waals surface area contributed by atoms with Gasteiger partial charge in [0, 0.05) is 53.7 Å². The molecule has 156 valence electrons. The van der Waals surface area contributed by atoms with Crippen molar-refractivity contribution in [1.29, 1.82) is 5.41 Å². The topological polar surface area (TPSA) is 87.0 Å². The number of rotatable bonds is 7. The van der Waals surface area contributed by atoms with Crippen LogP contribution in [0, 0.1) is 12.3 Å². The van der Waals surface area contributed by atoms with Crippen molar-refractivity contribution in [2.45, 2.75) is 23.3 Å². The third-order valence-corrected chi connectivity index (χ3v) is 6.74. The highest BCUT2D eigenvalue weighted by atomic mass is 35.5. The molecule has 3 N–H and O–H groups in total. The van der Waals surface area contributed by atoms with E-state index in [2.05, 4.69) is 10.6 Å². The van der Waals surface area contributed by atoms with E-state index in [1.807, 2.05) is 25.1 Å². The summed E-state index contributed by atoms with van der Waals surface area (Å²) in [6.07, 6.45) is 1.27. The molecular formula is C22H23ClN4O2S. The summed E-state index contributed by atoms with van der Waals surface area (Å²) >= 11 is 5.92. The lowest BCUT2D eigenvalue weighted by molar-refractivity contribution is 0.0942. The highest BCUT2D eigenvalue weighted by Gasteiger charge is 2.20. The Kier molecular flexibility index (Phi) is 6.74. The normalized spacial score (nSPS) is 11.7. The average Bonchev–Trinajstić information content (AvgIpc) is 3.06. The molecule has 0 radical (unpaired) electrons. The van der Waals surface area contributed by atoms with Crippen molar-refractivity contribution in [1.82, 2.24) is 9.88 Å². The number of nitrogens with zero attached hydrogens (tertiary/aromatic N) is 1. The molecule has 0 aliphatic carbocycles. The molecule has 0 fully saturated rings. The molecule has 0 bridgehead atoms. The zero-order valence-corrected chi connectivity index (χ0v) is 18.5. The Morgan fingerprint density at radius 2 is 1.93 bits per heavy atom. The fraction of sp³-hybridized carbons (Fsp3) is 0.182. The van der Waals surface area contributed by atoms with Crippen molar-refractivity contribution >= 4 is 40.2 Å². The number of aromatic nitrogens is 1. The number of carbonyl (C=O) groups excluding carboxylic acids is 1. The maximum Gasteiger partial charge on any atom is 0.268 e. The molecule has 1 unspecified atom stereocenters. The highest BCUT2D eigenvalue weighted by Crippen LogP contribution is 2.25. The maximum atomic E-state index is 13.0. The van der Waals surface area contributed by atoms with Gasteiger partial charge in [-0.25, -0.2) is 4.21 Å². The van der Waals surface area contributed by atoms with Gasteiger partial charge in [0.15, 0.2) is 0 Å². The van der Waals surface area contributed by atoms with E-state index in [0.717, 1.165) is 22.5 Å². The largest absolute Gasteiger partial charge is 0.387 e. The van der Waals surface area contributed by atoms with Crippen LogP contribution in [0.4, 0.5) is 5.69 Å². The van der Waals surface area contributed by atoms with E-state index in [0.29, 0.717) is 27.1 Å². The fourth-order valence-corrected chi connectivity index (χ4v) is 4.61. The van der Waals surface area contributed by atoms with Gasteiger partial charge in [-0.05, 0) is 42.8 Å². The van der Waals surface area contributed by atoms with Crippen LogP contribution < -0.4 is 10.6 Å². The minimum Gasteiger partial charge on any atom is -0.387 e. The quantitative estimate of drug-likeness (QED) is 0.481. The number of carbonyl (C=O) groups is 1. The van der Waals surface area contributed by atoms with Crippen LogP contribution in [-0.2, 0) is 24.4 Å². The van der Waals surface area contributed by atoms with Crippen LogP contribution in [-0.4, -0.2) is 27.9 Å². The molecule has 1 amide bonds. The van der Waals surface area contributed by atoms with Crippen molar-refractivity contribution < 1.29 is 9.00 Å². The second kappa shape index (κ2) is 9.28. The van der Waals surface area contributed by atoms with E-state index in [-0.39, 0.29) is 5.91 Å². The van der Waals surface area contributed by atoms with E-state index in [9.17, 15) is 9.00 Å². The first kappa shape index (κ1) is 21.8. The monoisotopic (exact) mass is 442 g/mol. The molecule has 0 saturated heterocycles. The Morgan fingerprint density at radius 1 is 1.23 bits per heavy atom. The van der Waals surface area contributed by atoms with Gasteiger partial charge in [-0.2, -0.15) is 0 Å². The number of amides is 1. The first-order valence-electron chi connectivity index (χ1n) is 9.29. The Balaban J connectivity index is 1.82. The molecule has 0 aliphatic rings. The summed E-state index contributed by atoms with van der Waals surface area (Å²) in [6.45, 7) is 2.14. The fourth-order valence-electron chi connectivity index (χ4n) is 3.22. The van der Waals surface area contributed by atoms with Crippen LogP contribution in [0.3, 0.4) is 0 Å². The third-order valence-electron chi connectivity index (χ3n) is 4.98. The second-order valence-electron chi connectivity index (χ2n) is 6.72. The number of para-hydroxylation sites is 1. The first-order chi connectivity index (χ1) is 14.4. The smallest absolute Gasteiger partial charge is 0.268 e. The Bertz CT molecular complexity index is 1120. The zero-order valence-electron chi connectivity index (χ0n) is 17.0. The number of benzene rings is 2. The lowest BCUT2D eigenvalue weighted by Gasteiger charge is -2.13. The predicted molar refractivity (Wildman–Crippen MR) is 121 cm³/mol. The summed E-state index contributed by atoms with van der Waals surface area (Å²) in [6, 6.07) is 14.1. The Morgan fingerprint density at radius 3 is 2.57 bits per heavy atom. The van der Waals surface area contributed by atoms with Gasteiger partial charge in [-0.15, -0.1) is 0 Å². The lowest BCUT2D eigenvalue weighted by atomic mass is 10.1. The Hall–Kier alpha value is -2.90. The standard InChI is InChI=1S/C22H23ClN4O2S/c1-14-20(30(29)18-9-7-17(23)8-10-18)11-19(27(14)3)22(28)26-13-16-6-4-5-15(12-24)21(16)25-2/h4-12,24-25H,13H2,1-3H3,(H,26,28). The molecule has 1 aromatic heterocycles. The second-order valence-corrected chi connectivity index (χ2v) is 8.60. The van der Waals surface area contributed by atoms with Crippen LogP contribution in [0.2, 0.25) is 5.02 Å². The van der Waals surface area contributed by atoms with Crippen LogP contribution in [0.5, 0.6) is 0 Å². The minimum atomic E-state index is -1.42. The number of hydrogen-bond donors (Lipinski definition) is 3. The summed E-state index contributed by atoms with van der Waals surface area (Å²) in [5.74, 6) is -0.262. The molecule has 8 heteroatoms. The highest BCUT2D eigenvalue weighted by molar-refractivity contribution is 7.85. The zero-order chi connectivity index (χ0) is 21.8. The van der Waals surface area contributed by atoms with Gasteiger partial charge in [-0.3, -0.25) is 4.79 Å². The van der Waals surface area contributed by atoms with Crippen LogP contribution in [0.1, 0.15) is 27.3 Å². The summed E-state index contributed by atoms with van der Waals surface area (Å²) in [7, 11) is 2.15. The summed E-state index contributed by atoms with van der Waals surface area (Å²) in [5, 5.41) is 14.1. The first-order valence-corrected chi connectivity index (χ1v) is 10.8. The van der Waals surface area contributed by atoms with E-state index in [1.54, 1.807) is 49.0 Å². The van der Waals surface area contributed by atoms with Crippen molar-refractivity contribution in [3.63, 3.8) is 0 Å². The van der Waals surface area contributed by atoms with Crippen LogP contribution in [0.25, 0.3) is 0 Å². The van der Waals surface area contributed by atoms with Crippen LogP contribution >= 0.6 is 11.6 Å². The van der Waals surface area contributed by atoms with Crippen molar-refractivity contribution in [3.8, 4) is 0 Å². The third kappa shape index (κ3) is 4.32. The number of halogens is 1. The molecule has 2 aromatic carbocycles. The number of hydrogen-bond acceptors (Lipinski definition) is 4. The van der Waals surface area contributed by atoms with E-state index < -0.39 is 10.8 Å². The van der Waals surface area contributed by atoms with Gasteiger partial charge in [0.2, 0.25) is 0 Å². The van der Waals surface area contributed by atoms with Gasteiger partial charge in [0.1, 0.15) is 5.69 Å². The van der Waals surface area contributed by atoms with Gasteiger partial charge >= 0.3 is 0 Å². The Labute approximate surface area is 183 Å². The van der Waals surface area contributed by atoms with Gasteiger partial charge in [0.05, 0.1) is 15.7 Å². The average molecular weight is 443 g/mol. The summed E-state index contributed by atoms with van der Waals surface area (Å²) < 4.78 is 14.7. The van der Waals surface area contributed by atoms with Crippen molar-refractivity contribution in [3.05, 3.63) is 76.1 Å². The molecule has 30 heavy (non-hydrogen) atoms. The molecular weight excluding hydrogens is 420 g/mol. The molecule has 3 rings (SSSR count). The molecule has 0 saturated carbocycles. The molecule has 6 nitrogen and oxygen atoms in total. The molecule has 3 aromatic rings. The number of nitrogens with one attached hydrogen (secondary N) is 3. The minimum absolute atomic E-state index is 0.262. The number of anilines is 1. The predicted octanol–water partition coefficient (Wildman–Crippen LogP) is 4.12. The van der Waals surface area contributed by atoms with Gasteiger partial charge in [0.25, 0.3) is 5.91 Å². The van der Waals surface area contributed by atoms with Crippen LogP contribution in [0.15, 0.2) is 58.3 Å². The van der Waals surface area contributed by atoms with E-state index >= 15 is 0 Å². The SMILES string of the molecule is CNc1c(C=N)cccc1CNC(=O)c1cc(S(=O)c2ccc(Cl)cc2)c(C)n1C. The molecule has 1 heterocycles. The van der Waals surface area contributed by atoms with Gasteiger partial charge in [-0.1, -0.05) is 29.8 Å². The van der Waals surface area contributed by atoms with Crippen molar-refractivity contribution in [2.24, 2.45) is 7.05 Å².